The highest BCUT2D eigenvalue weighted by atomic mass is 16.8. The van der Waals surface area contributed by atoms with Crippen LogP contribution in [-0.2, 0) is 38.0 Å². The third-order valence-corrected chi connectivity index (χ3v) is 3.96. The predicted octanol–water partition coefficient (Wildman–Crippen LogP) is 2.29. The Morgan fingerprint density at radius 3 is 1.50 bits per heavy atom. The summed E-state index contributed by atoms with van der Waals surface area (Å²) in [6.45, 7) is 9.57. The minimum Gasteiger partial charge on any atom is -0.461 e. The fourth-order valence-electron chi connectivity index (χ4n) is 2.07. The Morgan fingerprint density at radius 2 is 1.21 bits per heavy atom. The quantitative estimate of drug-likeness (QED) is 0.343. The number of carbonyl (C=O) groups excluding carboxylic acids is 4. The molecule has 0 aromatic heterocycles. The lowest BCUT2D eigenvalue weighted by Crippen LogP contribution is -2.33. The van der Waals surface area contributed by atoms with E-state index in [2.05, 4.69) is 22.6 Å². The molecule has 0 amide bonds. The molecule has 28 heavy (non-hydrogen) atoms. The van der Waals surface area contributed by atoms with Gasteiger partial charge >= 0.3 is 24.2 Å². The Kier molecular flexibility index (Phi) is 6.12. The van der Waals surface area contributed by atoms with Crippen molar-refractivity contribution in [3.63, 3.8) is 0 Å². The van der Waals surface area contributed by atoms with Crippen molar-refractivity contribution in [2.75, 3.05) is 13.2 Å². The number of rotatable bonds is 8. The summed E-state index contributed by atoms with van der Waals surface area (Å²) in [5.41, 5.74) is -2.46. The Labute approximate surface area is 160 Å². The number of hydrogen-bond acceptors (Lipinski definition) is 10. The van der Waals surface area contributed by atoms with Gasteiger partial charge in [0.15, 0.2) is 11.5 Å². The van der Waals surface area contributed by atoms with Crippen LogP contribution in [0, 0.1) is 0 Å². The molecule has 2 heterocycles. The zero-order valence-corrected chi connectivity index (χ0v) is 15.5. The highest BCUT2D eigenvalue weighted by Gasteiger charge is 2.44. The molecule has 2 aliphatic heterocycles. The molecular formula is C18H20O10. The molecule has 0 bridgehead atoms. The average Bonchev–Trinajstić information content (AvgIpc) is 3.02. The van der Waals surface area contributed by atoms with Crippen molar-refractivity contribution >= 4 is 24.2 Å². The summed E-state index contributed by atoms with van der Waals surface area (Å²) < 4.78 is 29.1. The molecule has 2 fully saturated rings. The Hall–Kier alpha value is -3.30. The summed E-state index contributed by atoms with van der Waals surface area (Å²) in [7, 11) is 0. The maximum absolute atomic E-state index is 11.7. The molecule has 0 spiro atoms. The Morgan fingerprint density at radius 1 is 0.857 bits per heavy atom. The maximum Gasteiger partial charge on any atom is 0.514 e. The van der Waals surface area contributed by atoms with Gasteiger partial charge < -0.3 is 28.4 Å². The second-order valence-corrected chi connectivity index (χ2v) is 6.42. The van der Waals surface area contributed by atoms with Crippen LogP contribution in [0.25, 0.3) is 0 Å². The van der Waals surface area contributed by atoms with E-state index in [0.29, 0.717) is 0 Å². The molecule has 10 heteroatoms. The molecule has 2 unspecified atom stereocenters. The van der Waals surface area contributed by atoms with E-state index in [1.807, 2.05) is 0 Å². The van der Waals surface area contributed by atoms with Crippen LogP contribution in [0.1, 0.15) is 26.7 Å². The molecule has 10 nitrogen and oxygen atoms in total. The lowest BCUT2D eigenvalue weighted by Gasteiger charge is -2.19. The summed E-state index contributed by atoms with van der Waals surface area (Å²) in [4.78, 5) is 45.5. The Bertz CT molecular complexity index is 689. The van der Waals surface area contributed by atoms with Gasteiger partial charge in [-0.15, -0.1) is 0 Å². The second-order valence-electron chi connectivity index (χ2n) is 6.42. The van der Waals surface area contributed by atoms with Crippen LogP contribution >= 0.6 is 0 Å². The first-order valence-corrected chi connectivity index (χ1v) is 8.21. The van der Waals surface area contributed by atoms with Gasteiger partial charge in [-0.1, -0.05) is 25.3 Å². The average molecular weight is 396 g/mol. The predicted molar refractivity (Wildman–Crippen MR) is 90.5 cm³/mol. The van der Waals surface area contributed by atoms with Crippen molar-refractivity contribution in [1.82, 2.24) is 0 Å². The highest BCUT2D eigenvalue weighted by molar-refractivity contribution is 5.73. The van der Waals surface area contributed by atoms with Crippen LogP contribution in [0.2, 0.25) is 0 Å². The van der Waals surface area contributed by atoms with E-state index in [1.165, 1.54) is 26.0 Å². The normalized spacial score (nSPS) is 26.5. The molecule has 0 saturated carbocycles. The topological polar surface area (TPSA) is 124 Å². The van der Waals surface area contributed by atoms with Crippen molar-refractivity contribution < 1.29 is 47.6 Å². The molecular weight excluding hydrogens is 376 g/mol. The van der Waals surface area contributed by atoms with Crippen LogP contribution in [0.3, 0.4) is 0 Å². The van der Waals surface area contributed by atoms with Crippen LogP contribution in [0.4, 0.5) is 9.59 Å². The first-order chi connectivity index (χ1) is 13.0. The van der Waals surface area contributed by atoms with Gasteiger partial charge in [0.05, 0.1) is 12.8 Å². The lowest BCUT2D eigenvalue weighted by molar-refractivity contribution is -0.148. The van der Waals surface area contributed by atoms with Crippen molar-refractivity contribution in [3.8, 4) is 0 Å². The van der Waals surface area contributed by atoms with E-state index in [1.54, 1.807) is 0 Å². The van der Waals surface area contributed by atoms with Crippen LogP contribution in [0.15, 0.2) is 36.8 Å². The van der Waals surface area contributed by atoms with Crippen LogP contribution < -0.4 is 0 Å². The highest BCUT2D eigenvalue weighted by Crippen LogP contribution is 2.30. The van der Waals surface area contributed by atoms with Crippen LogP contribution in [0.5, 0.6) is 0 Å². The molecule has 2 saturated heterocycles. The summed E-state index contributed by atoms with van der Waals surface area (Å²) >= 11 is 0. The van der Waals surface area contributed by atoms with E-state index in [4.69, 9.17) is 18.9 Å². The van der Waals surface area contributed by atoms with E-state index in [-0.39, 0.29) is 37.6 Å². The van der Waals surface area contributed by atoms with Gasteiger partial charge in [0.1, 0.15) is 13.2 Å². The van der Waals surface area contributed by atoms with Crippen LogP contribution in [-0.4, -0.2) is 48.7 Å². The van der Waals surface area contributed by atoms with Gasteiger partial charge in [-0.25, -0.2) is 9.59 Å². The molecule has 2 rings (SSSR count). The van der Waals surface area contributed by atoms with Gasteiger partial charge in [0.25, 0.3) is 0 Å². The molecule has 2 atom stereocenters. The number of esters is 2. The molecule has 0 N–H and O–H groups in total. The van der Waals surface area contributed by atoms with Gasteiger partial charge in [0, 0.05) is 0 Å². The minimum atomic E-state index is -1.23. The maximum atomic E-state index is 11.7. The smallest absolute Gasteiger partial charge is 0.461 e. The number of carbonyl (C=O) groups is 4. The van der Waals surface area contributed by atoms with Crippen molar-refractivity contribution in [3.05, 3.63) is 36.8 Å². The summed E-state index contributed by atoms with van der Waals surface area (Å²) in [5.74, 6) is -1.09. The molecule has 0 radical (unpaired) electrons. The Balaban J connectivity index is 1.66. The zero-order chi connectivity index (χ0) is 20.9. The van der Waals surface area contributed by atoms with Crippen molar-refractivity contribution in [2.45, 2.75) is 37.9 Å². The summed E-state index contributed by atoms with van der Waals surface area (Å²) in [6, 6.07) is 0. The SMILES string of the molecule is C=C1OC(=O)OC1(C)COC(=O)CC=CCC(=O)OCC1(C)OC(=O)OC1=C. The van der Waals surface area contributed by atoms with E-state index in [9.17, 15) is 19.2 Å². The lowest BCUT2D eigenvalue weighted by atomic mass is 10.1. The zero-order valence-electron chi connectivity index (χ0n) is 15.5. The second kappa shape index (κ2) is 8.15. The van der Waals surface area contributed by atoms with Gasteiger partial charge in [-0.2, -0.15) is 0 Å². The first-order valence-electron chi connectivity index (χ1n) is 8.21. The molecule has 2 aliphatic rings. The fourth-order valence-corrected chi connectivity index (χ4v) is 2.07. The molecule has 152 valence electrons. The van der Waals surface area contributed by atoms with Crippen molar-refractivity contribution in [1.29, 1.82) is 0 Å². The number of hydrogen-bond donors (Lipinski definition) is 0. The fraction of sp³-hybridized carbons (Fsp3) is 0.444. The molecule has 0 aromatic carbocycles. The third-order valence-electron chi connectivity index (χ3n) is 3.96. The van der Waals surface area contributed by atoms with Crippen molar-refractivity contribution in [2.24, 2.45) is 0 Å². The van der Waals surface area contributed by atoms with E-state index in [0.717, 1.165) is 0 Å². The monoisotopic (exact) mass is 396 g/mol. The summed E-state index contributed by atoms with van der Waals surface area (Å²) in [6.07, 6.45) is 0.834. The summed E-state index contributed by atoms with van der Waals surface area (Å²) in [5, 5.41) is 0. The van der Waals surface area contributed by atoms with E-state index >= 15 is 0 Å². The standard InChI is InChI=1S/C18H20O10/c1-11-17(3,27-15(21)25-11)9-23-13(19)7-5-6-8-14(20)24-10-18(4)12(2)26-16(22)28-18/h5-6H,1-2,7-10H2,3-4H3. The minimum absolute atomic E-state index is 0.0540. The largest absolute Gasteiger partial charge is 0.514 e. The van der Waals surface area contributed by atoms with Gasteiger partial charge in [-0.3, -0.25) is 9.59 Å². The van der Waals surface area contributed by atoms with Gasteiger partial charge in [-0.05, 0) is 13.8 Å². The first kappa shape index (κ1) is 21.0. The van der Waals surface area contributed by atoms with Gasteiger partial charge in [0.2, 0.25) is 11.2 Å². The molecule has 0 aliphatic carbocycles. The molecule has 0 aromatic rings. The number of cyclic esters (lactones) is 4. The number of ether oxygens (including phenoxy) is 6. The van der Waals surface area contributed by atoms with E-state index < -0.39 is 35.5 Å². The third kappa shape index (κ3) is 5.12.